The summed E-state index contributed by atoms with van der Waals surface area (Å²) in [4.78, 5) is 26.2. The van der Waals surface area contributed by atoms with Crippen LogP contribution in [-0.4, -0.2) is 25.5 Å². The molecule has 2 aromatic rings. The molecule has 0 heterocycles. The minimum atomic E-state index is -0.450. The molecule has 0 aromatic heterocycles. The highest BCUT2D eigenvalue weighted by Gasteiger charge is 2.25. The van der Waals surface area contributed by atoms with Crippen LogP contribution in [0.15, 0.2) is 42.5 Å². The van der Waals surface area contributed by atoms with Crippen molar-refractivity contribution in [3.8, 4) is 5.75 Å². The molecule has 5 nitrogen and oxygen atoms in total. The monoisotopic (exact) mass is 396 g/mol. The molecular weight excluding hydrogens is 364 g/mol. The highest BCUT2D eigenvalue weighted by molar-refractivity contribution is 5.96. The fourth-order valence-corrected chi connectivity index (χ4v) is 2.94. The van der Waals surface area contributed by atoms with Gasteiger partial charge in [0.15, 0.2) is 6.61 Å². The molecule has 29 heavy (non-hydrogen) atoms. The summed E-state index contributed by atoms with van der Waals surface area (Å²) in [7, 11) is 1.76. The van der Waals surface area contributed by atoms with Crippen molar-refractivity contribution in [1.82, 2.24) is 5.32 Å². The van der Waals surface area contributed by atoms with E-state index in [9.17, 15) is 9.59 Å². The maximum atomic E-state index is 12.4. The van der Waals surface area contributed by atoms with Gasteiger partial charge >= 0.3 is 0 Å². The van der Waals surface area contributed by atoms with Crippen molar-refractivity contribution < 1.29 is 14.3 Å². The van der Waals surface area contributed by atoms with E-state index in [0.29, 0.717) is 5.75 Å². The van der Waals surface area contributed by atoms with Crippen molar-refractivity contribution in [3.05, 3.63) is 59.2 Å². The average molecular weight is 397 g/mol. The molecule has 0 bridgehead atoms. The summed E-state index contributed by atoms with van der Waals surface area (Å²) in [5.41, 5.74) is 3.83. The topological polar surface area (TPSA) is 58.6 Å². The summed E-state index contributed by atoms with van der Waals surface area (Å²) in [5, 5.41) is 2.96. The number of rotatable bonds is 6. The second kappa shape index (κ2) is 9.12. The third-order valence-electron chi connectivity index (χ3n) is 4.95. The number of hydrogen-bond acceptors (Lipinski definition) is 3. The van der Waals surface area contributed by atoms with Crippen LogP contribution in [0.3, 0.4) is 0 Å². The molecule has 2 aromatic carbocycles. The zero-order chi connectivity index (χ0) is 21.8. The van der Waals surface area contributed by atoms with E-state index in [1.54, 1.807) is 24.1 Å². The fourth-order valence-electron chi connectivity index (χ4n) is 2.94. The molecule has 1 atom stereocenters. The van der Waals surface area contributed by atoms with E-state index in [4.69, 9.17) is 4.74 Å². The Morgan fingerprint density at radius 2 is 1.66 bits per heavy atom. The lowest BCUT2D eigenvalue weighted by Crippen LogP contribution is -2.36. The lowest BCUT2D eigenvalue weighted by Gasteiger charge is -2.26. The number of anilines is 1. The van der Waals surface area contributed by atoms with Gasteiger partial charge in [-0.1, -0.05) is 39.0 Å². The number of aryl methyl sites for hydroxylation is 2. The third kappa shape index (κ3) is 6.08. The quantitative estimate of drug-likeness (QED) is 0.778. The predicted octanol–water partition coefficient (Wildman–Crippen LogP) is 4.57. The maximum Gasteiger partial charge on any atom is 0.258 e. The first kappa shape index (κ1) is 22.5. The Hall–Kier alpha value is -2.82. The number of nitrogens with zero attached hydrogens (tertiary/aromatic N) is 1. The van der Waals surface area contributed by atoms with Crippen LogP contribution in [0, 0.1) is 19.3 Å². The summed E-state index contributed by atoms with van der Waals surface area (Å²) in [6.45, 7) is 11.7. The van der Waals surface area contributed by atoms with Gasteiger partial charge < -0.3 is 15.0 Å². The number of nitrogens with one attached hydrogen (secondary N) is 1. The zero-order valence-electron chi connectivity index (χ0n) is 18.5. The van der Waals surface area contributed by atoms with Crippen molar-refractivity contribution in [2.75, 3.05) is 18.6 Å². The lowest BCUT2D eigenvalue weighted by atomic mass is 9.95. The number of hydrogen-bond donors (Lipinski definition) is 1. The molecule has 1 unspecified atom stereocenters. The summed E-state index contributed by atoms with van der Waals surface area (Å²) in [6.07, 6.45) is 0. The molecule has 0 aliphatic heterocycles. The smallest absolute Gasteiger partial charge is 0.258 e. The Balaban J connectivity index is 1.90. The molecule has 0 fully saturated rings. The van der Waals surface area contributed by atoms with Gasteiger partial charge in [-0.25, -0.2) is 0 Å². The minimum absolute atomic E-state index is 0.0332. The summed E-state index contributed by atoms with van der Waals surface area (Å²) < 4.78 is 5.59. The molecule has 0 saturated heterocycles. The van der Waals surface area contributed by atoms with Gasteiger partial charge in [0, 0.05) is 18.2 Å². The predicted molar refractivity (Wildman–Crippen MR) is 117 cm³/mol. The van der Waals surface area contributed by atoms with Crippen LogP contribution in [-0.2, 0) is 9.59 Å². The van der Waals surface area contributed by atoms with Crippen LogP contribution in [0.4, 0.5) is 5.69 Å². The van der Waals surface area contributed by atoms with Crippen LogP contribution in [0.2, 0.25) is 0 Å². The molecule has 0 radical (unpaired) electrons. The molecule has 2 rings (SSSR count). The SMILES string of the molecule is Cc1ccc(C(C)NC(=O)COc2ccc(N(C)C(=O)C(C)(C)C)cc2)cc1C. The van der Waals surface area contributed by atoms with Gasteiger partial charge in [0.25, 0.3) is 5.91 Å². The molecule has 0 saturated carbocycles. The highest BCUT2D eigenvalue weighted by Crippen LogP contribution is 2.24. The lowest BCUT2D eigenvalue weighted by molar-refractivity contribution is -0.125. The fraction of sp³-hybridized carbons (Fsp3) is 0.417. The van der Waals surface area contributed by atoms with Crippen LogP contribution >= 0.6 is 0 Å². The Morgan fingerprint density at radius 1 is 1.03 bits per heavy atom. The van der Waals surface area contributed by atoms with E-state index in [2.05, 4.69) is 31.3 Å². The molecule has 0 aliphatic carbocycles. The number of benzene rings is 2. The van der Waals surface area contributed by atoms with Crippen LogP contribution in [0.5, 0.6) is 5.75 Å². The molecular formula is C24H32N2O3. The number of carbonyl (C=O) groups is 2. The molecule has 0 aliphatic rings. The van der Waals surface area contributed by atoms with E-state index in [-0.39, 0.29) is 24.5 Å². The molecule has 5 heteroatoms. The van der Waals surface area contributed by atoms with E-state index < -0.39 is 5.41 Å². The Bertz CT molecular complexity index is 867. The first-order valence-electron chi connectivity index (χ1n) is 9.86. The number of carbonyl (C=O) groups excluding carboxylic acids is 2. The van der Waals surface area contributed by atoms with Crippen molar-refractivity contribution in [1.29, 1.82) is 0 Å². The molecule has 2 amide bonds. The molecule has 0 spiro atoms. The maximum absolute atomic E-state index is 12.4. The second-order valence-electron chi connectivity index (χ2n) is 8.53. The van der Waals surface area contributed by atoms with E-state index >= 15 is 0 Å². The van der Waals surface area contributed by atoms with E-state index in [1.807, 2.05) is 45.9 Å². The van der Waals surface area contributed by atoms with Gasteiger partial charge in [-0.2, -0.15) is 0 Å². The van der Waals surface area contributed by atoms with Crippen LogP contribution in [0.1, 0.15) is 50.4 Å². The second-order valence-corrected chi connectivity index (χ2v) is 8.53. The van der Waals surface area contributed by atoms with Gasteiger partial charge in [-0.3, -0.25) is 9.59 Å². The molecule has 1 N–H and O–H groups in total. The minimum Gasteiger partial charge on any atom is -0.484 e. The van der Waals surface area contributed by atoms with Gasteiger partial charge in [-0.15, -0.1) is 0 Å². The standard InChI is InChI=1S/C24H32N2O3/c1-16-8-9-19(14-17(16)2)18(3)25-22(27)15-29-21-12-10-20(11-13-21)26(7)23(28)24(4,5)6/h8-14,18H,15H2,1-7H3,(H,25,27). The zero-order valence-corrected chi connectivity index (χ0v) is 18.5. The van der Waals surface area contributed by atoms with Gasteiger partial charge in [0.1, 0.15) is 5.75 Å². The normalized spacial score (nSPS) is 12.2. The van der Waals surface area contributed by atoms with Gasteiger partial charge in [0.05, 0.1) is 6.04 Å². The third-order valence-corrected chi connectivity index (χ3v) is 4.95. The average Bonchev–Trinajstić information content (AvgIpc) is 2.67. The summed E-state index contributed by atoms with van der Waals surface area (Å²) >= 11 is 0. The Kier molecular flexibility index (Phi) is 7.07. The number of ether oxygens (including phenoxy) is 1. The van der Waals surface area contributed by atoms with Crippen molar-refractivity contribution in [3.63, 3.8) is 0 Å². The Morgan fingerprint density at radius 3 is 2.21 bits per heavy atom. The largest absolute Gasteiger partial charge is 0.484 e. The van der Waals surface area contributed by atoms with Gasteiger partial charge in [0.2, 0.25) is 5.91 Å². The van der Waals surface area contributed by atoms with E-state index in [1.165, 1.54) is 11.1 Å². The molecule has 156 valence electrons. The Labute approximate surface area is 174 Å². The summed E-state index contributed by atoms with van der Waals surface area (Å²) in [5.74, 6) is 0.435. The first-order chi connectivity index (χ1) is 13.5. The van der Waals surface area contributed by atoms with Crippen molar-refractivity contribution >= 4 is 17.5 Å². The highest BCUT2D eigenvalue weighted by atomic mass is 16.5. The van der Waals surface area contributed by atoms with E-state index in [0.717, 1.165) is 11.3 Å². The van der Waals surface area contributed by atoms with Crippen LogP contribution in [0.25, 0.3) is 0 Å². The summed E-state index contributed by atoms with van der Waals surface area (Å²) in [6, 6.07) is 13.3. The van der Waals surface area contributed by atoms with Crippen molar-refractivity contribution in [2.45, 2.75) is 47.6 Å². The first-order valence-corrected chi connectivity index (χ1v) is 9.86. The van der Waals surface area contributed by atoms with Crippen molar-refractivity contribution in [2.24, 2.45) is 5.41 Å². The number of amides is 2. The van der Waals surface area contributed by atoms with Gasteiger partial charge in [-0.05, 0) is 61.7 Å². The van der Waals surface area contributed by atoms with Crippen LogP contribution < -0.4 is 15.0 Å².